The summed E-state index contributed by atoms with van der Waals surface area (Å²) in [6, 6.07) is 11.3. The lowest BCUT2D eigenvalue weighted by atomic mass is 10.2. The normalized spacial score (nSPS) is 14.2. The van der Waals surface area contributed by atoms with Gasteiger partial charge in [-0.2, -0.15) is 0 Å². The van der Waals surface area contributed by atoms with Crippen molar-refractivity contribution in [2.75, 3.05) is 0 Å². The van der Waals surface area contributed by atoms with Crippen LogP contribution in [0.25, 0.3) is 17.0 Å². The molecule has 2 aromatic heterocycles. The topological polar surface area (TPSA) is 59.3 Å². The number of rotatable bonds is 3. The van der Waals surface area contributed by atoms with Gasteiger partial charge in [0.15, 0.2) is 11.5 Å². The van der Waals surface area contributed by atoms with Crippen LogP contribution in [0.2, 0.25) is 5.02 Å². The summed E-state index contributed by atoms with van der Waals surface area (Å²) in [4.78, 5) is 12.1. The van der Waals surface area contributed by atoms with E-state index in [1.807, 2.05) is 28.7 Å². The van der Waals surface area contributed by atoms with Gasteiger partial charge in [-0.3, -0.25) is 9.20 Å². The molecule has 0 spiro atoms. The van der Waals surface area contributed by atoms with Crippen molar-refractivity contribution in [3.8, 4) is 11.4 Å². The molecule has 5 nitrogen and oxygen atoms in total. The van der Waals surface area contributed by atoms with E-state index >= 15 is 0 Å². The Kier molecular flexibility index (Phi) is 3.08. The molecule has 0 radical (unpaired) electrons. The molecule has 0 saturated heterocycles. The quantitative estimate of drug-likeness (QED) is 0.809. The van der Waals surface area contributed by atoms with Gasteiger partial charge in [0.05, 0.1) is 5.02 Å². The molecule has 22 heavy (non-hydrogen) atoms. The monoisotopic (exact) mass is 312 g/mol. The average Bonchev–Trinajstić information content (AvgIpc) is 3.24. The van der Waals surface area contributed by atoms with E-state index in [0.29, 0.717) is 28.1 Å². The predicted octanol–water partition coefficient (Wildman–Crippen LogP) is 2.94. The van der Waals surface area contributed by atoms with Gasteiger partial charge >= 0.3 is 0 Å². The molecule has 0 atom stereocenters. The van der Waals surface area contributed by atoms with Crippen molar-refractivity contribution in [2.45, 2.75) is 18.9 Å². The lowest BCUT2D eigenvalue weighted by molar-refractivity contribution is 0.0951. The maximum absolute atomic E-state index is 12.1. The first-order valence-corrected chi connectivity index (χ1v) is 7.51. The maximum atomic E-state index is 12.1. The molecular formula is C16H13ClN4O. The molecule has 1 aliphatic rings. The van der Waals surface area contributed by atoms with E-state index in [4.69, 9.17) is 11.6 Å². The maximum Gasteiger partial charge on any atom is 0.251 e. The molecule has 2 heterocycles. The summed E-state index contributed by atoms with van der Waals surface area (Å²) in [6.07, 6.45) is 3.93. The third kappa shape index (κ3) is 2.33. The molecule has 0 bridgehead atoms. The predicted molar refractivity (Wildman–Crippen MR) is 83.9 cm³/mol. The summed E-state index contributed by atoms with van der Waals surface area (Å²) in [7, 11) is 0. The van der Waals surface area contributed by atoms with E-state index in [-0.39, 0.29) is 5.91 Å². The van der Waals surface area contributed by atoms with Crippen LogP contribution in [-0.2, 0) is 0 Å². The number of fused-ring (bicyclic) bond motifs is 1. The molecule has 110 valence electrons. The Morgan fingerprint density at radius 3 is 2.82 bits per heavy atom. The van der Waals surface area contributed by atoms with E-state index in [9.17, 15) is 4.79 Å². The molecule has 1 amide bonds. The number of nitrogens with zero attached hydrogens (tertiary/aromatic N) is 3. The van der Waals surface area contributed by atoms with Crippen molar-refractivity contribution in [3.05, 3.63) is 53.2 Å². The minimum Gasteiger partial charge on any atom is -0.349 e. The largest absolute Gasteiger partial charge is 0.349 e. The molecule has 0 aliphatic heterocycles. The number of nitrogens with one attached hydrogen (secondary N) is 1. The van der Waals surface area contributed by atoms with Crippen LogP contribution >= 0.6 is 11.6 Å². The second kappa shape index (κ2) is 5.10. The number of hydrogen-bond donors (Lipinski definition) is 1. The van der Waals surface area contributed by atoms with Crippen LogP contribution in [0.5, 0.6) is 0 Å². The molecule has 1 fully saturated rings. The Morgan fingerprint density at radius 2 is 2.05 bits per heavy atom. The van der Waals surface area contributed by atoms with Crippen LogP contribution in [-0.4, -0.2) is 26.5 Å². The third-order valence-corrected chi connectivity index (χ3v) is 4.03. The zero-order chi connectivity index (χ0) is 15.1. The first-order valence-electron chi connectivity index (χ1n) is 7.13. The molecule has 4 rings (SSSR count). The van der Waals surface area contributed by atoms with Crippen LogP contribution in [0, 0.1) is 0 Å². The highest BCUT2D eigenvalue weighted by molar-refractivity contribution is 6.33. The van der Waals surface area contributed by atoms with Crippen LogP contribution in [0.3, 0.4) is 0 Å². The third-order valence-electron chi connectivity index (χ3n) is 3.70. The number of pyridine rings is 1. The summed E-state index contributed by atoms with van der Waals surface area (Å²) in [5.74, 6) is 0.599. The van der Waals surface area contributed by atoms with Gasteiger partial charge in [-0.05, 0) is 37.1 Å². The van der Waals surface area contributed by atoms with E-state index in [1.165, 1.54) is 0 Å². The van der Waals surface area contributed by atoms with Gasteiger partial charge in [0.2, 0.25) is 0 Å². The Morgan fingerprint density at radius 1 is 1.23 bits per heavy atom. The molecule has 1 saturated carbocycles. The van der Waals surface area contributed by atoms with Crippen molar-refractivity contribution in [1.82, 2.24) is 19.9 Å². The number of carbonyl (C=O) groups excluding carboxylic acids is 1. The minimum atomic E-state index is -0.0627. The number of carbonyl (C=O) groups is 1. The van der Waals surface area contributed by atoms with Crippen molar-refractivity contribution in [3.63, 3.8) is 0 Å². The van der Waals surface area contributed by atoms with Gasteiger partial charge < -0.3 is 5.32 Å². The first kappa shape index (κ1) is 13.3. The summed E-state index contributed by atoms with van der Waals surface area (Å²) in [5.41, 5.74) is 2.03. The van der Waals surface area contributed by atoms with Crippen LogP contribution in [0.15, 0.2) is 42.6 Å². The minimum absolute atomic E-state index is 0.0627. The van der Waals surface area contributed by atoms with Crippen molar-refractivity contribution in [2.24, 2.45) is 0 Å². The number of amides is 1. The lowest BCUT2D eigenvalue weighted by Crippen LogP contribution is -2.25. The zero-order valence-corrected chi connectivity index (χ0v) is 12.4. The number of benzene rings is 1. The van der Waals surface area contributed by atoms with Crippen molar-refractivity contribution < 1.29 is 4.79 Å². The average molecular weight is 313 g/mol. The summed E-state index contributed by atoms with van der Waals surface area (Å²) in [5, 5.41) is 11.9. The van der Waals surface area contributed by atoms with Crippen molar-refractivity contribution in [1.29, 1.82) is 0 Å². The van der Waals surface area contributed by atoms with Gasteiger partial charge in [-0.25, -0.2) is 0 Å². The molecule has 1 N–H and O–H groups in total. The summed E-state index contributed by atoms with van der Waals surface area (Å²) < 4.78 is 1.83. The molecule has 1 aromatic carbocycles. The molecule has 6 heteroatoms. The summed E-state index contributed by atoms with van der Waals surface area (Å²) >= 11 is 6.22. The lowest BCUT2D eigenvalue weighted by Gasteiger charge is -2.05. The standard InChI is InChI=1S/C16H13ClN4O/c17-13-4-2-1-3-12(13)15-20-19-14-9-10(7-8-21(14)15)16(22)18-11-5-6-11/h1-4,7-9,11H,5-6H2,(H,18,22). The highest BCUT2D eigenvalue weighted by Crippen LogP contribution is 2.26. The summed E-state index contributed by atoms with van der Waals surface area (Å²) in [6.45, 7) is 0. The van der Waals surface area contributed by atoms with Gasteiger partial charge in [0, 0.05) is 23.4 Å². The Balaban J connectivity index is 1.74. The second-order valence-corrected chi connectivity index (χ2v) is 5.80. The smallest absolute Gasteiger partial charge is 0.251 e. The zero-order valence-electron chi connectivity index (χ0n) is 11.7. The Bertz CT molecular complexity index is 869. The fourth-order valence-corrected chi connectivity index (χ4v) is 2.57. The fourth-order valence-electron chi connectivity index (χ4n) is 2.35. The molecule has 3 aromatic rings. The van der Waals surface area contributed by atoms with Gasteiger partial charge in [0.25, 0.3) is 5.91 Å². The van der Waals surface area contributed by atoms with Gasteiger partial charge in [0.1, 0.15) is 0 Å². The van der Waals surface area contributed by atoms with E-state index in [2.05, 4.69) is 15.5 Å². The van der Waals surface area contributed by atoms with Gasteiger partial charge in [-0.15, -0.1) is 10.2 Å². The highest BCUT2D eigenvalue weighted by atomic mass is 35.5. The van der Waals surface area contributed by atoms with Crippen LogP contribution in [0.1, 0.15) is 23.2 Å². The molecule has 1 aliphatic carbocycles. The number of hydrogen-bond acceptors (Lipinski definition) is 3. The number of halogens is 1. The second-order valence-electron chi connectivity index (χ2n) is 5.39. The molecule has 0 unspecified atom stereocenters. The van der Waals surface area contributed by atoms with Gasteiger partial charge in [-0.1, -0.05) is 23.7 Å². The van der Waals surface area contributed by atoms with E-state index in [1.54, 1.807) is 18.3 Å². The highest BCUT2D eigenvalue weighted by Gasteiger charge is 2.24. The van der Waals surface area contributed by atoms with E-state index in [0.717, 1.165) is 18.4 Å². The van der Waals surface area contributed by atoms with E-state index < -0.39 is 0 Å². The van der Waals surface area contributed by atoms with Crippen molar-refractivity contribution >= 4 is 23.2 Å². The number of aromatic nitrogens is 3. The Hall–Kier alpha value is -2.40. The van der Waals surface area contributed by atoms with Crippen LogP contribution < -0.4 is 5.32 Å². The first-order chi connectivity index (χ1) is 10.7. The molecular weight excluding hydrogens is 300 g/mol. The van der Waals surface area contributed by atoms with Crippen LogP contribution in [0.4, 0.5) is 0 Å². The fraction of sp³-hybridized carbons (Fsp3) is 0.188. The Labute approximate surface area is 131 Å². The SMILES string of the molecule is O=C(NC1CC1)c1ccn2c(-c3ccccc3Cl)nnc2c1.